The SMILES string of the molecule is CCOC(=O)Cc1c2ccccc2c(C(=O)c2ccccc2)n1-c1ccccc1C(=O)c1ccccc1. The first-order valence-electron chi connectivity index (χ1n) is 12.2. The number of fused-ring (bicyclic) bond motifs is 1. The molecule has 5 rings (SSSR count). The summed E-state index contributed by atoms with van der Waals surface area (Å²) in [4.78, 5) is 40.4. The minimum absolute atomic E-state index is 0.0513. The molecule has 0 aliphatic carbocycles. The predicted molar refractivity (Wildman–Crippen MR) is 143 cm³/mol. The first-order valence-corrected chi connectivity index (χ1v) is 12.2. The Bertz CT molecular complexity index is 1600. The van der Waals surface area contributed by atoms with Crippen LogP contribution in [-0.4, -0.2) is 28.7 Å². The predicted octanol–water partition coefficient (Wildman–Crippen LogP) is 6.20. The first-order chi connectivity index (χ1) is 18.1. The quantitative estimate of drug-likeness (QED) is 0.193. The molecule has 0 fully saturated rings. The molecule has 0 radical (unpaired) electrons. The first kappa shape index (κ1) is 23.9. The van der Waals surface area contributed by atoms with Crippen LogP contribution in [0.15, 0.2) is 109 Å². The third-order valence-corrected chi connectivity index (χ3v) is 6.28. The highest BCUT2D eigenvalue weighted by Gasteiger charge is 2.27. The van der Waals surface area contributed by atoms with Crippen molar-refractivity contribution in [3.8, 4) is 5.69 Å². The van der Waals surface area contributed by atoms with Crippen LogP contribution in [0.5, 0.6) is 0 Å². The summed E-state index contributed by atoms with van der Waals surface area (Å²) >= 11 is 0. The molecule has 5 heteroatoms. The second-order valence-corrected chi connectivity index (χ2v) is 8.57. The van der Waals surface area contributed by atoms with Crippen LogP contribution in [0.3, 0.4) is 0 Å². The summed E-state index contributed by atoms with van der Waals surface area (Å²) in [7, 11) is 0. The maximum absolute atomic E-state index is 14.0. The number of aromatic nitrogens is 1. The molecule has 37 heavy (non-hydrogen) atoms. The second kappa shape index (κ2) is 10.5. The number of esters is 1. The fraction of sp³-hybridized carbons (Fsp3) is 0.0938. The van der Waals surface area contributed by atoms with E-state index in [1.165, 1.54) is 0 Å². The van der Waals surface area contributed by atoms with Crippen LogP contribution in [0.25, 0.3) is 16.5 Å². The molecular formula is C32H25NO4. The number of carbonyl (C=O) groups excluding carboxylic acids is 3. The fourth-order valence-electron chi connectivity index (χ4n) is 4.66. The van der Waals surface area contributed by atoms with Crippen molar-refractivity contribution in [3.63, 3.8) is 0 Å². The number of ether oxygens (including phenoxy) is 1. The molecule has 0 bridgehead atoms. The molecule has 0 amide bonds. The Morgan fingerprint density at radius 2 is 1.19 bits per heavy atom. The summed E-state index contributed by atoms with van der Waals surface area (Å²) in [5.74, 6) is -0.777. The molecule has 0 atom stereocenters. The second-order valence-electron chi connectivity index (χ2n) is 8.57. The van der Waals surface area contributed by atoms with Gasteiger partial charge in [-0.25, -0.2) is 0 Å². The van der Waals surface area contributed by atoms with Crippen molar-refractivity contribution in [2.24, 2.45) is 0 Å². The Balaban J connectivity index is 1.82. The summed E-state index contributed by atoms with van der Waals surface area (Å²) in [5, 5.41) is 1.47. The van der Waals surface area contributed by atoms with Crippen molar-refractivity contribution in [1.82, 2.24) is 4.57 Å². The monoisotopic (exact) mass is 487 g/mol. The number of rotatable bonds is 8. The van der Waals surface area contributed by atoms with Crippen molar-refractivity contribution in [3.05, 3.63) is 137 Å². The van der Waals surface area contributed by atoms with Crippen LogP contribution in [0.2, 0.25) is 0 Å². The van der Waals surface area contributed by atoms with E-state index >= 15 is 0 Å². The largest absolute Gasteiger partial charge is 0.466 e. The molecule has 0 spiro atoms. The van der Waals surface area contributed by atoms with Gasteiger partial charge in [0.05, 0.1) is 18.7 Å². The van der Waals surface area contributed by atoms with Gasteiger partial charge in [0.25, 0.3) is 0 Å². The number of hydrogen-bond donors (Lipinski definition) is 0. The van der Waals surface area contributed by atoms with Gasteiger partial charge in [0, 0.05) is 33.2 Å². The standard InChI is InChI=1S/C32H25NO4/c1-2-37-29(34)21-28-24-17-9-10-18-25(24)30(32(36)23-15-7-4-8-16-23)33(28)27-20-12-11-19-26(27)31(35)22-13-5-3-6-14-22/h3-20H,2,21H2,1H3. The van der Waals surface area contributed by atoms with E-state index < -0.39 is 5.97 Å². The van der Waals surface area contributed by atoms with Crippen molar-refractivity contribution >= 4 is 28.3 Å². The third kappa shape index (κ3) is 4.59. The van der Waals surface area contributed by atoms with E-state index in [4.69, 9.17) is 4.74 Å². The van der Waals surface area contributed by atoms with Gasteiger partial charge in [-0.1, -0.05) is 97.1 Å². The lowest BCUT2D eigenvalue weighted by molar-refractivity contribution is -0.142. The smallest absolute Gasteiger partial charge is 0.311 e. The van der Waals surface area contributed by atoms with Crippen LogP contribution >= 0.6 is 0 Å². The lowest BCUT2D eigenvalue weighted by atomic mass is 10.0. The van der Waals surface area contributed by atoms with Gasteiger partial charge in [-0.05, 0) is 19.1 Å². The van der Waals surface area contributed by atoms with Crippen LogP contribution in [0, 0.1) is 0 Å². The maximum atomic E-state index is 14.0. The van der Waals surface area contributed by atoms with Crippen molar-refractivity contribution in [1.29, 1.82) is 0 Å². The highest BCUT2D eigenvalue weighted by atomic mass is 16.5. The summed E-state index contributed by atoms with van der Waals surface area (Å²) in [5.41, 5.74) is 3.01. The van der Waals surface area contributed by atoms with Gasteiger partial charge in [0.1, 0.15) is 5.69 Å². The van der Waals surface area contributed by atoms with Gasteiger partial charge in [0.2, 0.25) is 5.78 Å². The Morgan fingerprint density at radius 1 is 0.649 bits per heavy atom. The van der Waals surface area contributed by atoms with Crippen molar-refractivity contribution in [2.75, 3.05) is 6.61 Å². The zero-order valence-corrected chi connectivity index (χ0v) is 20.4. The minimum atomic E-state index is -0.405. The van der Waals surface area contributed by atoms with Gasteiger partial charge in [-0.3, -0.25) is 14.4 Å². The van der Waals surface area contributed by atoms with E-state index in [9.17, 15) is 14.4 Å². The van der Waals surface area contributed by atoms with Gasteiger partial charge < -0.3 is 9.30 Å². The highest BCUT2D eigenvalue weighted by molar-refractivity contribution is 6.18. The molecule has 0 aliphatic rings. The molecule has 0 unspecified atom stereocenters. The number of benzene rings is 4. The van der Waals surface area contributed by atoms with Gasteiger partial charge in [-0.15, -0.1) is 0 Å². The molecule has 1 heterocycles. The lowest BCUT2D eigenvalue weighted by Gasteiger charge is -2.17. The zero-order chi connectivity index (χ0) is 25.8. The Kier molecular flexibility index (Phi) is 6.77. The average Bonchev–Trinajstić information content (AvgIpc) is 3.27. The molecular weight excluding hydrogens is 462 g/mol. The Labute approximate surface area is 214 Å². The normalized spacial score (nSPS) is 10.8. The molecule has 0 saturated carbocycles. The minimum Gasteiger partial charge on any atom is -0.466 e. The van der Waals surface area contributed by atoms with Gasteiger partial charge in [0.15, 0.2) is 5.78 Å². The molecule has 0 aliphatic heterocycles. The topological polar surface area (TPSA) is 65.4 Å². The van der Waals surface area contributed by atoms with Crippen LogP contribution < -0.4 is 0 Å². The Morgan fingerprint density at radius 3 is 1.84 bits per heavy atom. The van der Waals surface area contributed by atoms with E-state index in [2.05, 4.69) is 0 Å². The lowest BCUT2D eigenvalue weighted by Crippen LogP contribution is -2.17. The van der Waals surface area contributed by atoms with E-state index in [0.29, 0.717) is 39.2 Å². The summed E-state index contributed by atoms with van der Waals surface area (Å²) in [6, 6.07) is 32.7. The van der Waals surface area contributed by atoms with E-state index in [0.717, 1.165) is 5.39 Å². The van der Waals surface area contributed by atoms with Gasteiger partial charge >= 0.3 is 5.97 Å². The molecule has 4 aromatic carbocycles. The Hall–Kier alpha value is -4.77. The molecule has 5 nitrogen and oxygen atoms in total. The van der Waals surface area contributed by atoms with Crippen molar-refractivity contribution < 1.29 is 19.1 Å². The summed E-state index contributed by atoms with van der Waals surface area (Å²) in [6.45, 7) is 2.00. The van der Waals surface area contributed by atoms with E-state index in [1.807, 2.05) is 72.8 Å². The number of para-hydroxylation sites is 1. The number of nitrogens with zero attached hydrogens (tertiary/aromatic N) is 1. The molecule has 182 valence electrons. The van der Waals surface area contributed by atoms with Crippen LogP contribution in [0.4, 0.5) is 0 Å². The molecule has 0 N–H and O–H groups in total. The van der Waals surface area contributed by atoms with E-state index in [-0.39, 0.29) is 24.6 Å². The summed E-state index contributed by atoms with van der Waals surface area (Å²) in [6.07, 6.45) is -0.0513. The van der Waals surface area contributed by atoms with Gasteiger partial charge in [-0.2, -0.15) is 0 Å². The molecule has 5 aromatic rings. The third-order valence-electron chi connectivity index (χ3n) is 6.28. The van der Waals surface area contributed by atoms with Crippen LogP contribution in [-0.2, 0) is 16.0 Å². The van der Waals surface area contributed by atoms with Crippen LogP contribution in [0.1, 0.15) is 44.6 Å². The maximum Gasteiger partial charge on any atom is 0.311 e. The van der Waals surface area contributed by atoms with Crippen molar-refractivity contribution in [2.45, 2.75) is 13.3 Å². The van der Waals surface area contributed by atoms with E-state index in [1.54, 1.807) is 47.9 Å². The molecule has 0 saturated heterocycles. The fourth-order valence-corrected chi connectivity index (χ4v) is 4.66. The number of hydrogen-bond acceptors (Lipinski definition) is 4. The average molecular weight is 488 g/mol. The zero-order valence-electron chi connectivity index (χ0n) is 20.4. The molecule has 1 aromatic heterocycles. The number of ketones is 2. The number of carbonyl (C=O) groups is 3. The highest BCUT2D eigenvalue weighted by Crippen LogP contribution is 2.34. The summed E-state index contributed by atoms with van der Waals surface area (Å²) < 4.78 is 7.05.